The van der Waals surface area contributed by atoms with Crippen molar-refractivity contribution in [1.82, 2.24) is 5.32 Å². The first-order chi connectivity index (χ1) is 10.4. The van der Waals surface area contributed by atoms with Crippen LogP contribution in [0.4, 0.5) is 13.2 Å². The van der Waals surface area contributed by atoms with E-state index >= 15 is 0 Å². The van der Waals surface area contributed by atoms with E-state index in [0.717, 1.165) is 6.07 Å². The molecule has 0 aromatic heterocycles. The molecule has 1 aliphatic rings. The van der Waals surface area contributed by atoms with Gasteiger partial charge >= 0.3 is 6.18 Å². The van der Waals surface area contributed by atoms with Gasteiger partial charge in [-0.15, -0.1) is 0 Å². The lowest BCUT2D eigenvalue weighted by Crippen LogP contribution is -2.41. The molecular weight excluding hydrogens is 291 g/mol. The molecule has 1 aromatic rings. The zero-order valence-electron chi connectivity index (χ0n) is 12.3. The number of nitriles is 1. The average molecular weight is 311 g/mol. The van der Waals surface area contributed by atoms with Crippen LogP contribution < -0.4 is 11.1 Å². The molecule has 3 N–H and O–H groups in total. The number of nitrogens with two attached hydrogens (primary N) is 1. The van der Waals surface area contributed by atoms with Crippen LogP contribution in [0.2, 0.25) is 0 Å². The maximum atomic E-state index is 13.2. The van der Waals surface area contributed by atoms with Gasteiger partial charge in [-0.05, 0) is 37.3 Å². The van der Waals surface area contributed by atoms with Gasteiger partial charge in [0.1, 0.15) is 0 Å². The third-order valence-electron chi connectivity index (χ3n) is 4.38. The van der Waals surface area contributed by atoms with Crippen molar-refractivity contribution in [1.29, 1.82) is 5.26 Å². The molecule has 0 heterocycles. The molecule has 3 nitrogen and oxygen atoms in total. The smallest absolute Gasteiger partial charge is 0.329 e. The van der Waals surface area contributed by atoms with Gasteiger partial charge in [0.15, 0.2) is 0 Å². The molecule has 1 fully saturated rings. The van der Waals surface area contributed by atoms with Crippen molar-refractivity contribution < 1.29 is 13.2 Å². The number of hydrogen-bond acceptors (Lipinski definition) is 3. The SMILES string of the molecule is N#CC1(c2ccccc2C(F)(F)F)CCC(NCCN)CC1. The summed E-state index contributed by atoms with van der Waals surface area (Å²) in [6, 6.07) is 7.84. The van der Waals surface area contributed by atoms with Crippen molar-refractivity contribution in [2.75, 3.05) is 13.1 Å². The highest BCUT2D eigenvalue weighted by Crippen LogP contribution is 2.44. The molecule has 1 aliphatic carbocycles. The van der Waals surface area contributed by atoms with Gasteiger partial charge in [-0.25, -0.2) is 0 Å². The molecular formula is C16H20F3N3. The molecule has 2 rings (SSSR count). The normalized spacial score (nSPS) is 25.7. The molecule has 0 aliphatic heterocycles. The van der Waals surface area contributed by atoms with Gasteiger partial charge in [0, 0.05) is 19.1 Å². The van der Waals surface area contributed by atoms with Crippen LogP contribution in [0, 0.1) is 11.3 Å². The summed E-state index contributed by atoms with van der Waals surface area (Å²) in [6.45, 7) is 1.21. The summed E-state index contributed by atoms with van der Waals surface area (Å²) in [6.07, 6.45) is -2.22. The van der Waals surface area contributed by atoms with Crippen LogP contribution in [-0.4, -0.2) is 19.1 Å². The molecule has 0 spiro atoms. The third-order valence-corrected chi connectivity index (χ3v) is 4.38. The lowest BCUT2D eigenvalue weighted by atomic mass is 9.68. The fourth-order valence-electron chi connectivity index (χ4n) is 3.19. The lowest BCUT2D eigenvalue weighted by Gasteiger charge is -2.37. The van der Waals surface area contributed by atoms with Gasteiger partial charge in [0.05, 0.1) is 17.0 Å². The highest BCUT2D eigenvalue weighted by molar-refractivity contribution is 5.41. The number of nitrogens with one attached hydrogen (secondary N) is 1. The van der Waals surface area contributed by atoms with Gasteiger partial charge in [0.2, 0.25) is 0 Å². The minimum Gasteiger partial charge on any atom is -0.329 e. The van der Waals surface area contributed by atoms with Crippen LogP contribution in [0.1, 0.15) is 36.8 Å². The first kappa shape index (κ1) is 16.8. The van der Waals surface area contributed by atoms with Crippen LogP contribution in [0.15, 0.2) is 24.3 Å². The van der Waals surface area contributed by atoms with Crippen molar-refractivity contribution in [2.45, 2.75) is 43.3 Å². The molecule has 1 saturated carbocycles. The van der Waals surface area contributed by atoms with Gasteiger partial charge in [-0.2, -0.15) is 18.4 Å². The summed E-state index contributed by atoms with van der Waals surface area (Å²) in [4.78, 5) is 0. The number of nitrogens with zero attached hydrogens (tertiary/aromatic N) is 1. The Labute approximate surface area is 128 Å². The molecule has 6 heteroatoms. The standard InChI is InChI=1S/C16H20F3N3/c17-16(18,19)14-4-2-1-3-13(14)15(11-21)7-5-12(6-8-15)22-10-9-20/h1-4,12,22H,5-10,20H2. The van der Waals surface area contributed by atoms with Crippen molar-refractivity contribution in [2.24, 2.45) is 5.73 Å². The number of alkyl halides is 3. The molecule has 120 valence electrons. The Hall–Kier alpha value is -1.58. The van der Waals surface area contributed by atoms with Crippen molar-refractivity contribution in [3.63, 3.8) is 0 Å². The Balaban J connectivity index is 2.26. The monoisotopic (exact) mass is 311 g/mol. The van der Waals surface area contributed by atoms with E-state index in [0.29, 0.717) is 38.8 Å². The van der Waals surface area contributed by atoms with Gasteiger partial charge < -0.3 is 11.1 Å². The van der Waals surface area contributed by atoms with Gasteiger partial charge in [-0.1, -0.05) is 18.2 Å². The van der Waals surface area contributed by atoms with Crippen molar-refractivity contribution in [3.8, 4) is 6.07 Å². The molecule has 0 atom stereocenters. The second-order valence-electron chi connectivity index (χ2n) is 5.75. The van der Waals surface area contributed by atoms with Crippen LogP contribution in [0.5, 0.6) is 0 Å². The summed E-state index contributed by atoms with van der Waals surface area (Å²) in [5.41, 5.74) is 3.82. The Morgan fingerprint density at radius 3 is 2.45 bits per heavy atom. The minimum absolute atomic E-state index is 0.113. The first-order valence-corrected chi connectivity index (χ1v) is 7.44. The Bertz CT molecular complexity index is 540. The topological polar surface area (TPSA) is 61.8 Å². The van der Waals surface area contributed by atoms with E-state index in [4.69, 9.17) is 5.73 Å². The zero-order valence-corrected chi connectivity index (χ0v) is 12.3. The molecule has 0 unspecified atom stereocenters. The third kappa shape index (κ3) is 3.42. The number of hydrogen-bond donors (Lipinski definition) is 2. The quantitative estimate of drug-likeness (QED) is 0.898. The maximum absolute atomic E-state index is 13.2. The number of rotatable bonds is 4. The predicted octanol–water partition coefficient (Wildman–Crippen LogP) is 2.96. The highest BCUT2D eigenvalue weighted by Gasteiger charge is 2.43. The largest absolute Gasteiger partial charge is 0.416 e. The van der Waals surface area contributed by atoms with Crippen LogP contribution in [-0.2, 0) is 11.6 Å². The first-order valence-electron chi connectivity index (χ1n) is 7.44. The minimum atomic E-state index is -4.44. The molecule has 0 saturated heterocycles. The Morgan fingerprint density at radius 2 is 1.91 bits per heavy atom. The lowest BCUT2D eigenvalue weighted by molar-refractivity contribution is -0.138. The number of halogens is 3. The molecule has 22 heavy (non-hydrogen) atoms. The fourth-order valence-corrected chi connectivity index (χ4v) is 3.19. The summed E-state index contributed by atoms with van der Waals surface area (Å²) in [5, 5.41) is 12.9. The molecule has 0 amide bonds. The highest BCUT2D eigenvalue weighted by atomic mass is 19.4. The van der Waals surface area contributed by atoms with E-state index in [-0.39, 0.29) is 11.6 Å². The van der Waals surface area contributed by atoms with Gasteiger partial charge in [-0.3, -0.25) is 0 Å². The second-order valence-corrected chi connectivity index (χ2v) is 5.75. The van der Waals surface area contributed by atoms with E-state index in [1.165, 1.54) is 12.1 Å². The van der Waals surface area contributed by atoms with Gasteiger partial charge in [0.25, 0.3) is 0 Å². The second kappa shape index (κ2) is 6.67. The van der Waals surface area contributed by atoms with E-state index in [1.54, 1.807) is 6.07 Å². The Morgan fingerprint density at radius 1 is 1.27 bits per heavy atom. The summed E-state index contributed by atoms with van der Waals surface area (Å²) in [5.74, 6) is 0. The van der Waals surface area contributed by atoms with Crippen molar-refractivity contribution in [3.05, 3.63) is 35.4 Å². The van der Waals surface area contributed by atoms with E-state index in [1.807, 2.05) is 0 Å². The van der Waals surface area contributed by atoms with Crippen LogP contribution in [0.3, 0.4) is 0 Å². The maximum Gasteiger partial charge on any atom is 0.416 e. The summed E-state index contributed by atoms with van der Waals surface area (Å²) >= 11 is 0. The van der Waals surface area contributed by atoms with Crippen molar-refractivity contribution >= 4 is 0 Å². The number of benzene rings is 1. The van der Waals surface area contributed by atoms with Crippen LogP contribution in [0.25, 0.3) is 0 Å². The van der Waals surface area contributed by atoms with E-state index < -0.39 is 17.2 Å². The average Bonchev–Trinajstić information content (AvgIpc) is 2.53. The fraction of sp³-hybridized carbons (Fsp3) is 0.562. The van der Waals surface area contributed by atoms with Crippen LogP contribution >= 0.6 is 0 Å². The molecule has 1 aromatic carbocycles. The molecule has 0 radical (unpaired) electrons. The summed E-state index contributed by atoms with van der Waals surface area (Å²) in [7, 11) is 0. The molecule has 0 bridgehead atoms. The predicted molar refractivity (Wildman–Crippen MR) is 78.0 cm³/mol. The Kier molecular flexibility index (Phi) is 5.09. The van der Waals surface area contributed by atoms with E-state index in [9.17, 15) is 18.4 Å². The summed E-state index contributed by atoms with van der Waals surface area (Å²) < 4.78 is 39.7. The zero-order chi connectivity index (χ0) is 16.2. The van der Waals surface area contributed by atoms with E-state index in [2.05, 4.69) is 11.4 Å².